The maximum Gasteiger partial charge on any atom is 0.332 e. The summed E-state index contributed by atoms with van der Waals surface area (Å²) < 4.78 is 6.42. The molecule has 2 aromatic rings. The molecule has 1 heterocycles. The third-order valence-corrected chi connectivity index (χ3v) is 2.31. The average Bonchev–Trinajstić information content (AvgIpc) is 2.90. The van der Waals surface area contributed by atoms with Crippen molar-refractivity contribution in [1.82, 2.24) is 9.55 Å². The molecule has 1 aromatic carbocycles. The molecule has 86 valence electrons. The van der Waals surface area contributed by atoms with Crippen LogP contribution in [0.1, 0.15) is 5.56 Å². The number of rotatable bonds is 3. The molecule has 2 rings (SSSR count). The lowest BCUT2D eigenvalue weighted by Gasteiger charge is -2.08. The number of carbonyl (C=O) groups is 1. The van der Waals surface area contributed by atoms with Gasteiger partial charge in [0, 0.05) is 18.5 Å². The number of hydrogen-bond donors (Lipinski definition) is 0. The van der Waals surface area contributed by atoms with Crippen LogP contribution in [0.3, 0.4) is 0 Å². The highest BCUT2D eigenvalue weighted by Gasteiger charge is 2.06. The van der Waals surface area contributed by atoms with Crippen LogP contribution in [-0.2, 0) is 9.53 Å². The fraction of sp³-hybridized carbons (Fsp3) is 0.0769. The van der Waals surface area contributed by atoms with Crippen molar-refractivity contribution in [2.75, 3.05) is 7.11 Å². The molecule has 0 aliphatic rings. The third-order valence-electron chi connectivity index (χ3n) is 2.31. The van der Waals surface area contributed by atoms with Gasteiger partial charge in [0.25, 0.3) is 0 Å². The predicted octanol–water partition coefficient (Wildman–Crippen LogP) is 1.95. The number of ether oxygens (including phenoxy) is 1. The second kappa shape index (κ2) is 5.12. The first-order valence-electron chi connectivity index (χ1n) is 5.14. The smallest absolute Gasteiger partial charge is 0.332 e. The third kappa shape index (κ3) is 2.60. The van der Waals surface area contributed by atoms with Crippen molar-refractivity contribution in [3.8, 4) is 0 Å². The Morgan fingerprint density at radius 3 is 2.71 bits per heavy atom. The minimum Gasteiger partial charge on any atom is -0.466 e. The van der Waals surface area contributed by atoms with Crippen molar-refractivity contribution in [2.24, 2.45) is 0 Å². The van der Waals surface area contributed by atoms with Gasteiger partial charge in [-0.15, -0.1) is 0 Å². The molecule has 0 spiro atoms. The summed E-state index contributed by atoms with van der Waals surface area (Å²) in [5.41, 5.74) is 1.66. The number of nitrogens with zero attached hydrogens (tertiary/aromatic N) is 2. The van der Waals surface area contributed by atoms with E-state index in [-0.39, 0.29) is 0 Å². The van der Waals surface area contributed by atoms with Gasteiger partial charge in [-0.1, -0.05) is 30.3 Å². The predicted molar refractivity (Wildman–Crippen MR) is 64.1 cm³/mol. The summed E-state index contributed by atoms with van der Waals surface area (Å²) >= 11 is 0. The number of aromatic nitrogens is 2. The molecule has 0 atom stereocenters. The lowest BCUT2D eigenvalue weighted by Crippen LogP contribution is -2.02. The molecule has 4 nitrogen and oxygen atoms in total. The average molecular weight is 228 g/mol. The normalized spacial score (nSPS) is 11.2. The Hall–Kier alpha value is -2.36. The topological polar surface area (TPSA) is 44.1 Å². The Bertz CT molecular complexity index is 516. The molecule has 0 saturated carbocycles. The van der Waals surface area contributed by atoms with Crippen molar-refractivity contribution in [1.29, 1.82) is 0 Å². The first-order valence-corrected chi connectivity index (χ1v) is 5.14. The Morgan fingerprint density at radius 1 is 1.35 bits per heavy atom. The second-order valence-electron chi connectivity index (χ2n) is 3.39. The number of carbonyl (C=O) groups excluding carboxylic acids is 1. The summed E-state index contributed by atoms with van der Waals surface area (Å²) in [6.45, 7) is 0. The Labute approximate surface area is 99.2 Å². The molecule has 0 N–H and O–H groups in total. The van der Waals surface area contributed by atoms with E-state index in [1.807, 2.05) is 30.3 Å². The molecule has 4 heteroatoms. The van der Waals surface area contributed by atoms with E-state index in [1.165, 1.54) is 13.2 Å². The summed E-state index contributed by atoms with van der Waals surface area (Å²) in [5.74, 6) is -0.391. The largest absolute Gasteiger partial charge is 0.466 e. The monoisotopic (exact) mass is 228 g/mol. The molecule has 0 saturated heterocycles. The maximum absolute atomic E-state index is 11.4. The van der Waals surface area contributed by atoms with Gasteiger partial charge in [-0.2, -0.15) is 0 Å². The van der Waals surface area contributed by atoms with E-state index in [9.17, 15) is 4.79 Å². The molecule has 0 unspecified atom stereocenters. The van der Waals surface area contributed by atoms with Crippen molar-refractivity contribution >= 4 is 11.7 Å². The van der Waals surface area contributed by atoms with Crippen LogP contribution in [-0.4, -0.2) is 22.6 Å². The van der Waals surface area contributed by atoms with Gasteiger partial charge in [0.2, 0.25) is 0 Å². The second-order valence-corrected chi connectivity index (χ2v) is 3.39. The van der Waals surface area contributed by atoms with Gasteiger partial charge < -0.3 is 9.30 Å². The van der Waals surface area contributed by atoms with Crippen molar-refractivity contribution in [3.05, 3.63) is 60.7 Å². The van der Waals surface area contributed by atoms with E-state index in [4.69, 9.17) is 0 Å². The minimum atomic E-state index is -0.391. The summed E-state index contributed by atoms with van der Waals surface area (Å²) in [5, 5.41) is 0. The van der Waals surface area contributed by atoms with E-state index in [2.05, 4.69) is 9.72 Å². The Kier molecular flexibility index (Phi) is 3.35. The number of esters is 1. The molecule has 17 heavy (non-hydrogen) atoms. The summed E-state index contributed by atoms with van der Waals surface area (Å²) in [6.07, 6.45) is 6.52. The van der Waals surface area contributed by atoms with Crippen molar-refractivity contribution < 1.29 is 9.53 Å². The van der Waals surface area contributed by atoms with Crippen molar-refractivity contribution in [3.63, 3.8) is 0 Å². The van der Waals surface area contributed by atoms with Crippen LogP contribution in [0.25, 0.3) is 5.70 Å². The highest BCUT2D eigenvalue weighted by molar-refractivity contribution is 5.91. The summed E-state index contributed by atoms with van der Waals surface area (Å²) in [6, 6.07) is 9.60. The van der Waals surface area contributed by atoms with E-state index < -0.39 is 5.97 Å². The van der Waals surface area contributed by atoms with Crippen LogP contribution in [0.5, 0.6) is 0 Å². The summed E-state index contributed by atoms with van der Waals surface area (Å²) in [4.78, 5) is 15.3. The molecular weight excluding hydrogens is 216 g/mol. The zero-order chi connectivity index (χ0) is 12.1. The molecule has 0 amide bonds. The van der Waals surface area contributed by atoms with E-state index >= 15 is 0 Å². The molecule has 0 aliphatic heterocycles. The zero-order valence-electron chi connectivity index (χ0n) is 9.41. The number of methoxy groups -OCH3 is 1. The molecule has 0 aliphatic carbocycles. The number of benzene rings is 1. The quantitative estimate of drug-likeness (QED) is 0.595. The zero-order valence-corrected chi connectivity index (χ0v) is 9.41. The van der Waals surface area contributed by atoms with Gasteiger partial charge in [0.1, 0.15) is 0 Å². The molecule has 0 bridgehead atoms. The van der Waals surface area contributed by atoms with Gasteiger partial charge in [0.05, 0.1) is 19.1 Å². The standard InChI is InChI=1S/C13H12N2O2/c1-17-13(16)9-12(15-8-7-14-10-15)11-5-3-2-4-6-11/h2-10H,1H3. The fourth-order valence-corrected chi connectivity index (χ4v) is 1.49. The lowest BCUT2D eigenvalue weighted by atomic mass is 10.1. The van der Waals surface area contributed by atoms with Crippen LogP contribution in [0.2, 0.25) is 0 Å². The van der Waals surface area contributed by atoms with E-state index in [0.29, 0.717) is 0 Å². The first kappa shape index (κ1) is 11.1. The van der Waals surface area contributed by atoms with Gasteiger partial charge >= 0.3 is 5.97 Å². The van der Waals surface area contributed by atoms with Gasteiger partial charge in [-0.25, -0.2) is 9.78 Å². The molecule has 0 radical (unpaired) electrons. The molecular formula is C13H12N2O2. The fourth-order valence-electron chi connectivity index (χ4n) is 1.49. The molecule has 1 aromatic heterocycles. The van der Waals surface area contributed by atoms with E-state index in [1.54, 1.807) is 23.3 Å². The van der Waals surface area contributed by atoms with Crippen LogP contribution in [0.15, 0.2) is 55.1 Å². The SMILES string of the molecule is COC(=O)C=C(c1ccccc1)n1ccnc1. The Balaban J connectivity index is 2.46. The number of hydrogen-bond acceptors (Lipinski definition) is 3. The molecule has 0 fully saturated rings. The highest BCUT2D eigenvalue weighted by Crippen LogP contribution is 2.16. The van der Waals surface area contributed by atoms with Crippen LogP contribution in [0.4, 0.5) is 0 Å². The van der Waals surface area contributed by atoms with Gasteiger partial charge in [-0.05, 0) is 5.56 Å². The van der Waals surface area contributed by atoms with Crippen molar-refractivity contribution in [2.45, 2.75) is 0 Å². The van der Waals surface area contributed by atoms with Gasteiger partial charge in [-0.3, -0.25) is 0 Å². The number of imidazole rings is 1. The van der Waals surface area contributed by atoms with E-state index in [0.717, 1.165) is 11.3 Å². The highest BCUT2D eigenvalue weighted by atomic mass is 16.5. The minimum absolute atomic E-state index is 0.391. The lowest BCUT2D eigenvalue weighted by molar-refractivity contribution is -0.134. The maximum atomic E-state index is 11.4. The van der Waals surface area contributed by atoms with Crippen LogP contribution in [0, 0.1) is 0 Å². The summed E-state index contributed by atoms with van der Waals surface area (Å²) in [7, 11) is 1.36. The first-order chi connectivity index (χ1) is 8.31. The Morgan fingerprint density at radius 2 is 2.12 bits per heavy atom. The van der Waals surface area contributed by atoms with Crippen LogP contribution < -0.4 is 0 Å². The van der Waals surface area contributed by atoms with Gasteiger partial charge in [0.15, 0.2) is 0 Å². The van der Waals surface area contributed by atoms with Crippen LogP contribution >= 0.6 is 0 Å².